The van der Waals surface area contributed by atoms with E-state index in [1.165, 1.54) is 72.6 Å². The summed E-state index contributed by atoms with van der Waals surface area (Å²) in [4.78, 5) is 5.07. The summed E-state index contributed by atoms with van der Waals surface area (Å²) >= 11 is 0. The summed E-state index contributed by atoms with van der Waals surface area (Å²) in [6.45, 7) is 0.214. The molecular formula is C42H25B2N3O. The molecule has 5 heterocycles. The predicted octanol–water partition coefficient (Wildman–Crippen LogP) is 6.56. The number of benzene rings is 7. The van der Waals surface area contributed by atoms with Crippen LogP contribution in [0, 0.1) is 0 Å². The Morgan fingerprint density at radius 2 is 1.00 bits per heavy atom. The standard InChI is InChI=1S/C42H25B2N3O/c1-10-22-37-25(12-1)39-35(21-11-23-38(39)48-37)46-32-18-7-3-14-27(32)44-29-16-5-9-20-34(29)47-33-19-8-4-15-28(33)43-26-13-2-6-17-30(26)45-31-24-36(46)41(44)42(47)40(31)43/h1-24,45H. The number of furan rings is 1. The van der Waals surface area contributed by atoms with Gasteiger partial charge in [-0.05, 0) is 81.3 Å². The SMILES string of the molecule is c1ccc2c(c1)Nc1cc3c4c5c1B2c1ccccc1N5c1ccccc1B4c1ccccc1N3c1cccc2oc3ccccc3c12. The molecule has 0 spiro atoms. The maximum absolute atomic E-state index is 6.45. The van der Waals surface area contributed by atoms with Crippen molar-refractivity contribution in [2.45, 2.75) is 0 Å². The molecule has 1 N–H and O–H groups in total. The minimum absolute atomic E-state index is 0.0866. The van der Waals surface area contributed by atoms with Crippen molar-refractivity contribution in [2.75, 3.05) is 15.1 Å². The van der Waals surface area contributed by atoms with Crippen LogP contribution in [0.2, 0.25) is 0 Å². The average Bonchev–Trinajstić information content (AvgIpc) is 3.53. The highest BCUT2D eigenvalue weighted by Crippen LogP contribution is 2.49. The van der Waals surface area contributed by atoms with Gasteiger partial charge in [0.1, 0.15) is 11.2 Å². The van der Waals surface area contributed by atoms with Crippen molar-refractivity contribution in [3.63, 3.8) is 0 Å². The van der Waals surface area contributed by atoms with Crippen LogP contribution in [0.1, 0.15) is 0 Å². The third-order valence-electron chi connectivity index (χ3n) is 11.0. The molecule has 1 aromatic heterocycles. The maximum Gasteiger partial charge on any atom is 0.252 e. The zero-order valence-corrected chi connectivity index (χ0v) is 25.8. The van der Waals surface area contributed by atoms with Crippen LogP contribution in [0.15, 0.2) is 150 Å². The Balaban J connectivity index is 1.26. The second-order valence-corrected chi connectivity index (χ2v) is 13.3. The average molecular weight is 609 g/mol. The van der Waals surface area contributed by atoms with Gasteiger partial charge in [0.25, 0.3) is 13.4 Å². The molecule has 6 heteroatoms. The second-order valence-electron chi connectivity index (χ2n) is 13.3. The first-order valence-corrected chi connectivity index (χ1v) is 16.7. The molecule has 0 atom stereocenters. The highest BCUT2D eigenvalue weighted by molar-refractivity contribution is 7.04. The van der Waals surface area contributed by atoms with Crippen LogP contribution < -0.4 is 47.9 Å². The van der Waals surface area contributed by atoms with Gasteiger partial charge in [-0.15, -0.1) is 0 Å². The Kier molecular flexibility index (Phi) is 4.59. The number of anilines is 8. The molecule has 220 valence electrons. The van der Waals surface area contributed by atoms with Crippen molar-refractivity contribution in [3.8, 4) is 0 Å². The van der Waals surface area contributed by atoms with Crippen LogP contribution in [0.4, 0.5) is 45.5 Å². The van der Waals surface area contributed by atoms with Crippen molar-refractivity contribution in [3.05, 3.63) is 146 Å². The van der Waals surface area contributed by atoms with E-state index in [2.05, 4.69) is 155 Å². The van der Waals surface area contributed by atoms with Crippen LogP contribution in [-0.4, -0.2) is 13.4 Å². The van der Waals surface area contributed by atoms with Gasteiger partial charge in [-0.1, -0.05) is 97.1 Å². The summed E-state index contributed by atoms with van der Waals surface area (Å²) in [6, 6.07) is 53.2. The summed E-state index contributed by atoms with van der Waals surface area (Å²) in [5.41, 5.74) is 19.5. The lowest BCUT2D eigenvalue weighted by atomic mass is 9.29. The van der Waals surface area contributed by atoms with Crippen LogP contribution in [0.3, 0.4) is 0 Å². The molecule has 0 amide bonds. The molecule has 0 fully saturated rings. The van der Waals surface area contributed by atoms with Crippen molar-refractivity contribution < 1.29 is 4.42 Å². The first-order chi connectivity index (χ1) is 23.8. The third kappa shape index (κ3) is 2.95. The molecule has 4 aliphatic heterocycles. The van der Waals surface area contributed by atoms with Crippen molar-refractivity contribution >= 4 is 114 Å². The number of fused-ring (bicyclic) bond motifs is 13. The van der Waals surface area contributed by atoms with Gasteiger partial charge in [0.2, 0.25) is 0 Å². The van der Waals surface area contributed by atoms with E-state index < -0.39 is 0 Å². The number of nitrogens with zero attached hydrogens (tertiary/aromatic N) is 2. The largest absolute Gasteiger partial charge is 0.456 e. The van der Waals surface area contributed by atoms with Gasteiger partial charge in [-0.2, -0.15) is 0 Å². The Morgan fingerprint density at radius 3 is 1.75 bits per heavy atom. The Labute approximate surface area is 278 Å². The fourth-order valence-corrected chi connectivity index (χ4v) is 9.27. The molecule has 0 saturated heterocycles. The molecule has 8 aromatic rings. The van der Waals surface area contributed by atoms with Gasteiger partial charge in [0.15, 0.2) is 0 Å². The summed E-state index contributed by atoms with van der Waals surface area (Å²) in [7, 11) is 0. The molecule has 0 bridgehead atoms. The van der Waals surface area contributed by atoms with Gasteiger partial charge < -0.3 is 19.5 Å². The summed E-state index contributed by atoms with van der Waals surface area (Å²) in [5, 5.41) is 6.19. The predicted molar refractivity (Wildman–Crippen MR) is 202 cm³/mol. The van der Waals surface area contributed by atoms with E-state index in [1.54, 1.807) is 0 Å². The van der Waals surface area contributed by atoms with E-state index in [0.717, 1.165) is 27.6 Å². The van der Waals surface area contributed by atoms with Crippen molar-refractivity contribution in [2.24, 2.45) is 0 Å². The van der Waals surface area contributed by atoms with Crippen molar-refractivity contribution in [1.29, 1.82) is 0 Å². The first-order valence-electron chi connectivity index (χ1n) is 16.7. The van der Waals surface area contributed by atoms with Gasteiger partial charge >= 0.3 is 0 Å². The Hall–Kier alpha value is -6.13. The van der Waals surface area contributed by atoms with Gasteiger partial charge in [-0.25, -0.2) is 0 Å². The molecule has 0 radical (unpaired) electrons. The van der Waals surface area contributed by atoms with Gasteiger partial charge in [0.05, 0.1) is 11.1 Å². The summed E-state index contributed by atoms with van der Waals surface area (Å²) < 4.78 is 6.45. The van der Waals surface area contributed by atoms with E-state index in [1.807, 2.05) is 6.07 Å². The number of para-hydroxylation sites is 5. The number of hydrogen-bond acceptors (Lipinski definition) is 4. The van der Waals surface area contributed by atoms with E-state index in [9.17, 15) is 0 Å². The number of nitrogens with one attached hydrogen (secondary N) is 1. The van der Waals surface area contributed by atoms with E-state index in [4.69, 9.17) is 4.42 Å². The summed E-state index contributed by atoms with van der Waals surface area (Å²) in [6.07, 6.45) is 0. The van der Waals surface area contributed by atoms with E-state index in [-0.39, 0.29) is 13.4 Å². The highest BCUT2D eigenvalue weighted by Gasteiger charge is 2.50. The minimum atomic E-state index is 0.0866. The highest BCUT2D eigenvalue weighted by atomic mass is 16.3. The maximum atomic E-state index is 6.45. The lowest BCUT2D eigenvalue weighted by Gasteiger charge is -2.49. The van der Waals surface area contributed by atoms with Crippen LogP contribution >= 0.6 is 0 Å². The molecule has 4 aliphatic rings. The smallest absolute Gasteiger partial charge is 0.252 e. The monoisotopic (exact) mass is 609 g/mol. The zero-order valence-electron chi connectivity index (χ0n) is 25.8. The quantitative estimate of drug-likeness (QED) is 0.214. The molecule has 7 aromatic carbocycles. The third-order valence-corrected chi connectivity index (χ3v) is 11.0. The lowest BCUT2D eigenvalue weighted by molar-refractivity contribution is 0.669. The fraction of sp³-hybridized carbons (Fsp3) is 0. The van der Waals surface area contributed by atoms with Gasteiger partial charge in [0, 0.05) is 45.2 Å². The van der Waals surface area contributed by atoms with Crippen LogP contribution in [-0.2, 0) is 0 Å². The zero-order chi connectivity index (χ0) is 31.1. The van der Waals surface area contributed by atoms with Crippen molar-refractivity contribution in [1.82, 2.24) is 0 Å². The molecule has 0 aliphatic carbocycles. The minimum Gasteiger partial charge on any atom is -0.456 e. The van der Waals surface area contributed by atoms with Crippen LogP contribution in [0.25, 0.3) is 21.9 Å². The first kappa shape index (κ1) is 25.0. The molecule has 0 saturated carbocycles. The molecule has 12 rings (SSSR count). The van der Waals surface area contributed by atoms with E-state index >= 15 is 0 Å². The Bertz CT molecular complexity index is 2700. The molecule has 48 heavy (non-hydrogen) atoms. The lowest BCUT2D eigenvalue weighted by Crippen LogP contribution is -2.68. The molecular weight excluding hydrogens is 584 g/mol. The molecule has 0 unspecified atom stereocenters. The summed E-state index contributed by atoms with van der Waals surface area (Å²) in [5.74, 6) is 0. The topological polar surface area (TPSA) is 31.6 Å². The number of rotatable bonds is 1. The Morgan fingerprint density at radius 1 is 0.438 bits per heavy atom. The van der Waals surface area contributed by atoms with E-state index in [0.29, 0.717) is 0 Å². The normalized spacial score (nSPS) is 14.2. The van der Waals surface area contributed by atoms with Gasteiger partial charge in [-0.3, -0.25) is 0 Å². The van der Waals surface area contributed by atoms with Crippen LogP contribution in [0.5, 0.6) is 0 Å². The number of hydrogen-bond donors (Lipinski definition) is 1. The molecule has 4 nitrogen and oxygen atoms in total. The second kappa shape index (κ2) is 8.81. The fourth-order valence-electron chi connectivity index (χ4n) is 9.27.